The molecule has 2 aromatic carbocycles. The number of nitrogens with zero attached hydrogens (tertiary/aromatic N) is 3. The zero-order valence-corrected chi connectivity index (χ0v) is 16.9. The molecule has 1 aliphatic heterocycles. The Kier molecular flexibility index (Phi) is 5.88. The van der Waals surface area contributed by atoms with Gasteiger partial charge in [0.15, 0.2) is 0 Å². The van der Waals surface area contributed by atoms with Gasteiger partial charge in [-0.3, -0.25) is 4.79 Å². The third-order valence-corrected chi connectivity index (χ3v) is 5.26. The summed E-state index contributed by atoms with van der Waals surface area (Å²) in [4.78, 5) is 35.9. The topological polar surface area (TPSA) is 84.4 Å². The molecule has 0 unspecified atom stereocenters. The average Bonchev–Trinajstić information content (AvgIpc) is 2.78. The molecular weight excluding hydrogens is 380 g/mol. The van der Waals surface area contributed by atoms with Crippen molar-refractivity contribution in [1.82, 2.24) is 14.9 Å². The second-order valence-corrected chi connectivity index (χ2v) is 7.43. The van der Waals surface area contributed by atoms with Crippen LogP contribution >= 0.6 is 0 Å². The first-order valence-corrected chi connectivity index (χ1v) is 10.1. The van der Waals surface area contributed by atoms with Crippen LogP contribution in [-0.4, -0.2) is 40.0 Å². The van der Waals surface area contributed by atoms with Gasteiger partial charge in [0.1, 0.15) is 6.61 Å². The maximum absolute atomic E-state index is 12.6. The Hall–Kier alpha value is -3.48. The van der Waals surface area contributed by atoms with Crippen molar-refractivity contribution in [2.24, 2.45) is 5.92 Å². The molecular formula is C23H24N4O3. The van der Waals surface area contributed by atoms with Crippen molar-refractivity contribution < 1.29 is 14.3 Å². The zero-order valence-electron chi connectivity index (χ0n) is 16.9. The maximum Gasteiger partial charge on any atom is 0.321 e. The molecule has 7 nitrogen and oxygen atoms in total. The van der Waals surface area contributed by atoms with Crippen LogP contribution in [0.4, 0.5) is 10.5 Å². The van der Waals surface area contributed by atoms with Crippen LogP contribution < -0.4 is 5.32 Å². The summed E-state index contributed by atoms with van der Waals surface area (Å²) < 4.78 is 5.54. The van der Waals surface area contributed by atoms with Crippen molar-refractivity contribution in [3.63, 3.8) is 0 Å². The van der Waals surface area contributed by atoms with Crippen LogP contribution in [0, 0.1) is 12.8 Å². The van der Waals surface area contributed by atoms with Gasteiger partial charge in [0.05, 0.1) is 28.3 Å². The number of rotatable bonds is 4. The van der Waals surface area contributed by atoms with E-state index in [-0.39, 0.29) is 24.5 Å². The Morgan fingerprint density at radius 1 is 1.07 bits per heavy atom. The van der Waals surface area contributed by atoms with Gasteiger partial charge in [0.25, 0.3) is 0 Å². The second kappa shape index (κ2) is 8.90. The van der Waals surface area contributed by atoms with Crippen molar-refractivity contribution in [1.29, 1.82) is 0 Å². The van der Waals surface area contributed by atoms with Crippen LogP contribution in [0.15, 0.2) is 54.6 Å². The van der Waals surface area contributed by atoms with Gasteiger partial charge in [0.2, 0.25) is 0 Å². The molecule has 0 saturated carbocycles. The summed E-state index contributed by atoms with van der Waals surface area (Å²) >= 11 is 0. The highest BCUT2D eigenvalue weighted by molar-refractivity contribution is 5.89. The normalized spacial score (nSPS) is 16.3. The van der Waals surface area contributed by atoms with E-state index in [1.807, 2.05) is 61.5 Å². The molecule has 1 N–H and O–H groups in total. The van der Waals surface area contributed by atoms with Gasteiger partial charge in [-0.2, -0.15) is 0 Å². The van der Waals surface area contributed by atoms with E-state index in [2.05, 4.69) is 15.3 Å². The first kappa shape index (κ1) is 19.8. The first-order chi connectivity index (χ1) is 14.6. The molecule has 1 aliphatic rings. The van der Waals surface area contributed by atoms with Gasteiger partial charge in [-0.1, -0.05) is 30.3 Å². The number of nitrogens with one attached hydrogen (secondary N) is 1. The number of carbonyl (C=O) groups excluding carboxylic acids is 2. The Bertz CT molecular complexity index is 1050. The Morgan fingerprint density at radius 3 is 2.53 bits per heavy atom. The molecule has 4 rings (SSSR count). The molecule has 3 aromatic rings. The molecule has 7 heteroatoms. The predicted octanol–water partition coefficient (Wildman–Crippen LogP) is 3.93. The third kappa shape index (κ3) is 4.56. The number of aryl methyl sites for hydroxylation is 1. The van der Waals surface area contributed by atoms with E-state index in [1.165, 1.54) is 0 Å². The van der Waals surface area contributed by atoms with Crippen molar-refractivity contribution in [3.8, 4) is 0 Å². The van der Waals surface area contributed by atoms with E-state index >= 15 is 0 Å². The van der Waals surface area contributed by atoms with Crippen LogP contribution in [0.3, 0.4) is 0 Å². The number of ether oxygens (including phenoxy) is 1. The Morgan fingerprint density at radius 2 is 1.77 bits per heavy atom. The minimum atomic E-state index is -0.339. The Labute approximate surface area is 175 Å². The molecule has 1 fully saturated rings. The summed E-state index contributed by atoms with van der Waals surface area (Å²) in [5.74, 6) is -0.643. The number of benzene rings is 2. The number of amides is 2. The summed E-state index contributed by atoms with van der Waals surface area (Å²) in [5, 5.41) is 2.87. The van der Waals surface area contributed by atoms with Crippen LogP contribution in [-0.2, 0) is 16.1 Å². The number of fused-ring (bicyclic) bond motifs is 1. The lowest BCUT2D eigenvalue weighted by atomic mass is 9.98. The van der Waals surface area contributed by atoms with Gasteiger partial charge in [-0.25, -0.2) is 14.8 Å². The fraction of sp³-hybridized carbons (Fsp3) is 0.304. The minimum Gasteiger partial charge on any atom is -0.459 e. The molecule has 0 aliphatic carbocycles. The molecule has 0 bridgehead atoms. The fourth-order valence-corrected chi connectivity index (χ4v) is 3.60. The van der Waals surface area contributed by atoms with E-state index in [0.29, 0.717) is 25.2 Å². The number of piperidine rings is 1. The van der Waals surface area contributed by atoms with Gasteiger partial charge < -0.3 is 15.0 Å². The lowest BCUT2D eigenvalue weighted by Gasteiger charge is -2.31. The minimum absolute atomic E-state index is 0.0786. The summed E-state index contributed by atoms with van der Waals surface area (Å²) in [6.07, 6.45) is 1.47. The van der Waals surface area contributed by atoms with Gasteiger partial charge >= 0.3 is 12.0 Å². The number of hydrogen-bond acceptors (Lipinski definition) is 5. The lowest BCUT2D eigenvalue weighted by Crippen LogP contribution is -2.44. The average molecular weight is 404 g/mol. The lowest BCUT2D eigenvalue weighted by molar-refractivity contribution is -0.151. The number of esters is 1. The largest absolute Gasteiger partial charge is 0.459 e. The number of hydrogen-bond donors (Lipinski definition) is 1. The van der Waals surface area contributed by atoms with Crippen LogP contribution in [0.2, 0.25) is 0 Å². The van der Waals surface area contributed by atoms with Crippen molar-refractivity contribution in [3.05, 3.63) is 66.0 Å². The number of urea groups is 1. The van der Waals surface area contributed by atoms with Crippen molar-refractivity contribution in [2.45, 2.75) is 26.4 Å². The van der Waals surface area contributed by atoms with Gasteiger partial charge in [0, 0.05) is 18.8 Å². The number of carbonyl (C=O) groups is 2. The number of para-hydroxylation sites is 3. The molecule has 30 heavy (non-hydrogen) atoms. The summed E-state index contributed by atoms with van der Waals surface area (Å²) in [7, 11) is 0. The monoisotopic (exact) mass is 404 g/mol. The highest BCUT2D eigenvalue weighted by Gasteiger charge is 2.29. The first-order valence-electron chi connectivity index (χ1n) is 10.1. The highest BCUT2D eigenvalue weighted by Crippen LogP contribution is 2.20. The second-order valence-electron chi connectivity index (χ2n) is 7.43. The smallest absolute Gasteiger partial charge is 0.321 e. The maximum atomic E-state index is 12.6. The number of anilines is 1. The van der Waals surface area contributed by atoms with E-state index < -0.39 is 0 Å². The third-order valence-electron chi connectivity index (χ3n) is 5.26. The predicted molar refractivity (Wildman–Crippen MR) is 114 cm³/mol. The number of likely N-dealkylation sites (tertiary alicyclic amines) is 1. The quantitative estimate of drug-likeness (QED) is 0.666. The number of aromatic nitrogens is 2. The molecule has 154 valence electrons. The summed E-state index contributed by atoms with van der Waals surface area (Å²) in [6.45, 7) is 2.91. The van der Waals surface area contributed by atoms with E-state index in [0.717, 1.165) is 28.8 Å². The van der Waals surface area contributed by atoms with Crippen LogP contribution in [0.1, 0.15) is 24.2 Å². The molecule has 2 heterocycles. The molecule has 1 aromatic heterocycles. The van der Waals surface area contributed by atoms with Gasteiger partial charge in [-0.15, -0.1) is 0 Å². The van der Waals surface area contributed by atoms with E-state index in [1.54, 1.807) is 4.90 Å². The molecule has 1 saturated heterocycles. The molecule has 2 amide bonds. The molecule has 0 radical (unpaired) electrons. The molecule has 0 spiro atoms. The highest BCUT2D eigenvalue weighted by atomic mass is 16.5. The SMILES string of the molecule is Cc1nc2ccccc2nc1COC(=O)[C@@H]1CCCN(C(=O)Nc2ccccc2)C1. The summed E-state index contributed by atoms with van der Waals surface area (Å²) in [5.41, 5.74) is 3.72. The van der Waals surface area contributed by atoms with E-state index in [9.17, 15) is 9.59 Å². The zero-order chi connectivity index (χ0) is 20.9. The standard InChI is InChI=1S/C23H24N4O3/c1-16-21(26-20-12-6-5-11-19(20)24-16)15-30-22(28)17-8-7-13-27(14-17)23(29)25-18-9-3-2-4-10-18/h2-6,9-12,17H,7-8,13-15H2,1H3,(H,25,29)/t17-/m1/s1. The van der Waals surface area contributed by atoms with Crippen LogP contribution in [0.5, 0.6) is 0 Å². The van der Waals surface area contributed by atoms with E-state index in [4.69, 9.17) is 4.74 Å². The molecule has 1 atom stereocenters. The van der Waals surface area contributed by atoms with Crippen molar-refractivity contribution in [2.75, 3.05) is 18.4 Å². The van der Waals surface area contributed by atoms with Crippen molar-refractivity contribution >= 4 is 28.7 Å². The van der Waals surface area contributed by atoms with Crippen LogP contribution in [0.25, 0.3) is 11.0 Å². The fourth-order valence-electron chi connectivity index (χ4n) is 3.60. The summed E-state index contributed by atoms with van der Waals surface area (Å²) in [6, 6.07) is 16.7. The Balaban J connectivity index is 1.35. The van der Waals surface area contributed by atoms with Gasteiger partial charge in [-0.05, 0) is 44.0 Å².